The van der Waals surface area contributed by atoms with E-state index in [2.05, 4.69) is 25.9 Å². The molecule has 1 saturated heterocycles. The Hall–Kier alpha value is -4.02. The average Bonchev–Trinajstić information content (AvgIpc) is 2.83. The Morgan fingerprint density at radius 2 is 1.86 bits per heavy atom. The number of likely N-dealkylation sites (tertiary alicyclic amines) is 1. The highest BCUT2D eigenvalue weighted by Gasteiger charge is 2.33. The number of carbonyl (C=O) groups is 4. The predicted molar refractivity (Wildman–Crippen MR) is 137 cm³/mol. The van der Waals surface area contributed by atoms with E-state index < -0.39 is 23.5 Å². The summed E-state index contributed by atoms with van der Waals surface area (Å²) in [4.78, 5) is 59.9. The van der Waals surface area contributed by atoms with E-state index in [-0.39, 0.29) is 11.9 Å². The van der Waals surface area contributed by atoms with Crippen LogP contribution in [-0.2, 0) is 25.5 Å². The second-order valence-corrected chi connectivity index (χ2v) is 10.3. The van der Waals surface area contributed by atoms with Gasteiger partial charge in [-0.3, -0.25) is 19.7 Å². The molecule has 37 heavy (non-hydrogen) atoms. The number of nitrogens with one attached hydrogen (secondary N) is 3. The van der Waals surface area contributed by atoms with E-state index >= 15 is 0 Å². The Kier molecular flexibility index (Phi) is 7.42. The highest BCUT2D eigenvalue weighted by molar-refractivity contribution is 6.39. The van der Waals surface area contributed by atoms with Crippen molar-refractivity contribution in [2.75, 3.05) is 22.5 Å². The van der Waals surface area contributed by atoms with Crippen LogP contribution in [0.15, 0.2) is 24.5 Å². The SMILES string of the molecule is Cc1cc(NC(=O)C(=O)N2CCCC[C@H]2c2cnc3c(c2)CCC(=O)N3)cnc1NC(=O)OC(C)(C)C. The van der Waals surface area contributed by atoms with Crippen LogP contribution in [0.1, 0.15) is 69.2 Å². The van der Waals surface area contributed by atoms with Gasteiger partial charge in [0.05, 0.1) is 17.9 Å². The van der Waals surface area contributed by atoms with Gasteiger partial charge in [0.2, 0.25) is 5.91 Å². The first kappa shape index (κ1) is 26.1. The molecule has 2 aliphatic rings. The highest BCUT2D eigenvalue weighted by Crippen LogP contribution is 2.33. The summed E-state index contributed by atoms with van der Waals surface area (Å²) < 4.78 is 5.24. The first-order valence-corrected chi connectivity index (χ1v) is 12.4. The fraction of sp³-hybridized carbons (Fsp3) is 0.462. The van der Waals surface area contributed by atoms with Crippen molar-refractivity contribution in [3.63, 3.8) is 0 Å². The van der Waals surface area contributed by atoms with Crippen molar-refractivity contribution in [3.05, 3.63) is 41.2 Å². The Morgan fingerprint density at radius 1 is 1.08 bits per heavy atom. The van der Waals surface area contributed by atoms with Crippen LogP contribution in [0.4, 0.5) is 22.1 Å². The minimum Gasteiger partial charge on any atom is -0.444 e. The van der Waals surface area contributed by atoms with Gasteiger partial charge in [-0.1, -0.05) is 0 Å². The number of rotatable bonds is 3. The molecule has 2 aromatic heterocycles. The molecule has 11 nitrogen and oxygen atoms in total. The molecule has 196 valence electrons. The summed E-state index contributed by atoms with van der Waals surface area (Å²) >= 11 is 0. The molecule has 0 radical (unpaired) electrons. The first-order valence-electron chi connectivity index (χ1n) is 12.4. The third-order valence-corrected chi connectivity index (χ3v) is 6.17. The first-order chi connectivity index (χ1) is 17.5. The van der Waals surface area contributed by atoms with Gasteiger partial charge in [-0.25, -0.2) is 14.8 Å². The smallest absolute Gasteiger partial charge is 0.413 e. The summed E-state index contributed by atoms with van der Waals surface area (Å²) in [5.74, 6) is -0.606. The Morgan fingerprint density at radius 3 is 2.59 bits per heavy atom. The minimum atomic E-state index is -0.765. The number of hydrogen-bond donors (Lipinski definition) is 3. The summed E-state index contributed by atoms with van der Waals surface area (Å²) in [6, 6.07) is 3.32. The molecule has 0 unspecified atom stereocenters. The quantitative estimate of drug-likeness (QED) is 0.536. The molecule has 11 heteroatoms. The van der Waals surface area contributed by atoms with Crippen molar-refractivity contribution in [3.8, 4) is 0 Å². The lowest BCUT2D eigenvalue weighted by Gasteiger charge is -2.35. The van der Waals surface area contributed by atoms with Crippen LogP contribution in [0.2, 0.25) is 0 Å². The lowest BCUT2D eigenvalue weighted by Crippen LogP contribution is -2.44. The van der Waals surface area contributed by atoms with Crippen molar-refractivity contribution in [1.82, 2.24) is 14.9 Å². The zero-order valence-electron chi connectivity index (χ0n) is 21.5. The molecular formula is C26H32N6O5. The number of aromatic nitrogens is 2. The summed E-state index contributed by atoms with van der Waals surface area (Å²) in [5.41, 5.74) is 2.07. The maximum atomic E-state index is 13.2. The Bertz CT molecular complexity index is 1240. The molecule has 4 amide bonds. The van der Waals surface area contributed by atoms with E-state index in [9.17, 15) is 19.2 Å². The van der Waals surface area contributed by atoms with Gasteiger partial charge in [0.15, 0.2) is 0 Å². The van der Waals surface area contributed by atoms with Gasteiger partial charge in [-0.05, 0) is 82.2 Å². The molecule has 0 saturated carbocycles. The number of aryl methyl sites for hydroxylation is 2. The number of carbonyl (C=O) groups excluding carboxylic acids is 4. The molecule has 0 bridgehead atoms. The second kappa shape index (κ2) is 10.5. The van der Waals surface area contributed by atoms with Crippen LogP contribution in [0.3, 0.4) is 0 Å². The number of fused-ring (bicyclic) bond motifs is 1. The summed E-state index contributed by atoms with van der Waals surface area (Å²) in [7, 11) is 0. The van der Waals surface area contributed by atoms with E-state index in [0.29, 0.717) is 42.3 Å². The summed E-state index contributed by atoms with van der Waals surface area (Å²) in [5, 5.41) is 7.97. The third-order valence-electron chi connectivity index (χ3n) is 6.17. The molecule has 2 aromatic rings. The lowest BCUT2D eigenvalue weighted by atomic mass is 9.94. The molecule has 0 aromatic carbocycles. The van der Waals surface area contributed by atoms with Crippen LogP contribution >= 0.6 is 0 Å². The van der Waals surface area contributed by atoms with Crippen molar-refractivity contribution in [2.45, 2.75) is 71.4 Å². The van der Waals surface area contributed by atoms with Gasteiger partial charge in [-0.2, -0.15) is 0 Å². The molecule has 0 spiro atoms. The molecule has 4 heterocycles. The summed E-state index contributed by atoms with van der Waals surface area (Å²) in [6.45, 7) is 7.47. The van der Waals surface area contributed by atoms with Gasteiger partial charge in [0.1, 0.15) is 17.2 Å². The normalized spacial score (nSPS) is 17.4. The van der Waals surface area contributed by atoms with Crippen LogP contribution in [0.5, 0.6) is 0 Å². The number of nitrogens with zero attached hydrogens (tertiary/aromatic N) is 3. The number of ether oxygens (including phenoxy) is 1. The van der Waals surface area contributed by atoms with Gasteiger partial charge >= 0.3 is 17.9 Å². The number of pyridine rings is 2. The highest BCUT2D eigenvalue weighted by atomic mass is 16.6. The molecule has 2 aliphatic heterocycles. The maximum Gasteiger partial charge on any atom is 0.413 e. The lowest BCUT2D eigenvalue weighted by molar-refractivity contribution is -0.145. The third kappa shape index (κ3) is 6.41. The van der Waals surface area contributed by atoms with Crippen molar-refractivity contribution in [1.29, 1.82) is 0 Å². The molecule has 1 atom stereocenters. The number of piperidine rings is 1. The molecular weight excluding hydrogens is 476 g/mol. The number of anilines is 3. The average molecular weight is 509 g/mol. The number of hydrogen-bond acceptors (Lipinski definition) is 7. The van der Waals surface area contributed by atoms with Crippen LogP contribution < -0.4 is 16.0 Å². The maximum absolute atomic E-state index is 13.2. The predicted octanol–water partition coefficient (Wildman–Crippen LogP) is 3.71. The topological polar surface area (TPSA) is 143 Å². The molecule has 4 rings (SSSR count). The van der Waals surface area contributed by atoms with Gasteiger partial charge < -0.3 is 20.3 Å². The Balaban J connectivity index is 1.44. The fourth-order valence-electron chi connectivity index (χ4n) is 4.47. The Labute approximate surface area is 215 Å². The van der Waals surface area contributed by atoms with Crippen LogP contribution in [-0.4, -0.2) is 50.8 Å². The van der Waals surface area contributed by atoms with Crippen molar-refractivity contribution >= 4 is 41.1 Å². The standard InChI is InChI=1S/C26H32N6O5/c1-15-11-18(14-28-21(15)31-25(36)37-26(2,3)4)29-23(34)24(35)32-10-6-5-7-19(32)17-12-16-8-9-20(33)30-22(16)27-13-17/h11-14,19H,5-10H2,1-4H3,(H,29,34)(H,27,30,33)(H,28,31,36)/t19-/m0/s1. The van der Waals surface area contributed by atoms with Gasteiger partial charge in [-0.15, -0.1) is 0 Å². The van der Waals surface area contributed by atoms with Crippen LogP contribution in [0, 0.1) is 6.92 Å². The molecule has 3 N–H and O–H groups in total. The van der Waals surface area contributed by atoms with Crippen LogP contribution in [0.25, 0.3) is 0 Å². The molecule has 1 fully saturated rings. The monoisotopic (exact) mass is 508 g/mol. The zero-order valence-corrected chi connectivity index (χ0v) is 21.5. The molecule has 0 aliphatic carbocycles. The van der Waals surface area contributed by atoms with Gasteiger partial charge in [0, 0.05) is 19.2 Å². The van der Waals surface area contributed by atoms with E-state index in [1.165, 1.54) is 6.20 Å². The van der Waals surface area contributed by atoms with Crippen molar-refractivity contribution in [2.24, 2.45) is 0 Å². The van der Waals surface area contributed by atoms with E-state index in [1.54, 1.807) is 44.9 Å². The fourth-order valence-corrected chi connectivity index (χ4v) is 4.47. The van der Waals surface area contributed by atoms with E-state index in [4.69, 9.17) is 4.74 Å². The second-order valence-electron chi connectivity index (χ2n) is 10.3. The number of amides is 4. The van der Waals surface area contributed by atoms with E-state index in [0.717, 1.165) is 30.4 Å². The zero-order chi connectivity index (χ0) is 26.7. The van der Waals surface area contributed by atoms with Crippen molar-refractivity contribution < 1.29 is 23.9 Å². The summed E-state index contributed by atoms with van der Waals surface area (Å²) in [6.07, 6.45) is 5.85. The van der Waals surface area contributed by atoms with Gasteiger partial charge in [0.25, 0.3) is 0 Å². The van der Waals surface area contributed by atoms with E-state index in [1.807, 2.05) is 6.07 Å². The minimum absolute atomic E-state index is 0.0581. The largest absolute Gasteiger partial charge is 0.444 e.